The molecule has 0 nitrogen and oxygen atoms in total. The fraction of sp³-hybridized carbons (Fsp3) is 0. The van der Waals surface area contributed by atoms with E-state index in [-0.39, 0.29) is 0 Å². The molecule has 1 heterocycles. The van der Waals surface area contributed by atoms with Gasteiger partial charge < -0.3 is 0 Å². The average Bonchev–Trinajstić information content (AvgIpc) is 2.90. The highest BCUT2D eigenvalue weighted by Crippen LogP contribution is 2.38. The molecule has 0 unspecified atom stereocenters. The molecule has 1 heteroatoms. The molecule has 3 aromatic rings. The summed E-state index contributed by atoms with van der Waals surface area (Å²) in [6, 6.07) is 25.7. The normalized spacial score (nSPS) is 10.4. The van der Waals surface area contributed by atoms with Crippen LogP contribution in [0.1, 0.15) is 0 Å². The third kappa shape index (κ3) is 2.18. The summed E-state index contributed by atoms with van der Waals surface area (Å²) < 4.78 is 0. The minimum atomic E-state index is 0.768. The van der Waals surface area contributed by atoms with Gasteiger partial charge in [0.1, 0.15) is 0 Å². The number of hydrogen-bond donors (Lipinski definition) is 0. The fourth-order valence-electron chi connectivity index (χ4n) is 1.97. The van der Waals surface area contributed by atoms with Crippen molar-refractivity contribution in [3.8, 4) is 21.7 Å². The SMILES string of the molecule is c1ccc(-c2ccc(-c3ccccc3)[pH]2)cc1. The van der Waals surface area contributed by atoms with Crippen molar-refractivity contribution in [3.63, 3.8) is 0 Å². The molecule has 0 atom stereocenters. The molecule has 0 saturated heterocycles. The van der Waals surface area contributed by atoms with Gasteiger partial charge in [-0.05, 0) is 33.9 Å². The maximum absolute atomic E-state index is 2.25. The van der Waals surface area contributed by atoms with Crippen LogP contribution in [-0.2, 0) is 0 Å². The average molecular weight is 236 g/mol. The fourth-order valence-corrected chi connectivity index (χ4v) is 3.21. The summed E-state index contributed by atoms with van der Waals surface area (Å²) in [6.45, 7) is 0. The van der Waals surface area contributed by atoms with E-state index in [1.165, 1.54) is 21.7 Å². The minimum absolute atomic E-state index is 0.768. The lowest BCUT2D eigenvalue weighted by molar-refractivity contribution is 1.69. The number of rotatable bonds is 2. The third-order valence-corrected chi connectivity index (χ3v) is 4.30. The molecule has 0 spiro atoms. The zero-order chi connectivity index (χ0) is 11.5. The van der Waals surface area contributed by atoms with Gasteiger partial charge >= 0.3 is 0 Å². The Bertz CT molecular complexity index is 540. The Balaban J connectivity index is 1.99. The molecule has 0 saturated carbocycles. The largest absolute Gasteiger partial charge is 0.123 e. The first-order valence-corrected chi connectivity index (χ1v) is 6.73. The van der Waals surface area contributed by atoms with Crippen LogP contribution in [0, 0.1) is 0 Å². The Hall–Kier alpha value is -1.78. The first kappa shape index (κ1) is 10.4. The molecule has 0 fully saturated rings. The first-order chi connectivity index (χ1) is 8.43. The molecule has 0 amide bonds. The quantitative estimate of drug-likeness (QED) is 0.584. The smallest absolute Gasteiger partial charge is 0.00121 e. The number of benzene rings is 2. The van der Waals surface area contributed by atoms with Crippen LogP contribution in [-0.4, -0.2) is 0 Å². The van der Waals surface area contributed by atoms with E-state index < -0.39 is 0 Å². The summed E-state index contributed by atoms with van der Waals surface area (Å²) in [6.07, 6.45) is 0. The monoisotopic (exact) mass is 236 g/mol. The van der Waals surface area contributed by atoms with E-state index in [1.807, 2.05) is 0 Å². The molecule has 0 bridgehead atoms. The minimum Gasteiger partial charge on any atom is -0.123 e. The Morgan fingerprint density at radius 3 is 1.29 bits per heavy atom. The highest BCUT2D eigenvalue weighted by atomic mass is 31.0. The van der Waals surface area contributed by atoms with Crippen LogP contribution >= 0.6 is 8.19 Å². The Morgan fingerprint density at radius 2 is 0.882 bits per heavy atom. The molecule has 0 radical (unpaired) electrons. The molecule has 2 aromatic carbocycles. The van der Waals surface area contributed by atoms with E-state index >= 15 is 0 Å². The second kappa shape index (κ2) is 4.61. The predicted molar refractivity (Wildman–Crippen MR) is 76.8 cm³/mol. The molecule has 0 aliphatic rings. The van der Waals surface area contributed by atoms with Gasteiger partial charge in [0.15, 0.2) is 0 Å². The third-order valence-electron chi connectivity index (χ3n) is 2.86. The number of hydrogen-bond acceptors (Lipinski definition) is 0. The summed E-state index contributed by atoms with van der Waals surface area (Å²) in [5, 5.41) is 2.87. The summed E-state index contributed by atoms with van der Waals surface area (Å²) in [4.78, 5) is 0. The van der Waals surface area contributed by atoms with E-state index in [4.69, 9.17) is 0 Å². The Morgan fingerprint density at radius 1 is 0.471 bits per heavy atom. The van der Waals surface area contributed by atoms with E-state index in [9.17, 15) is 0 Å². The van der Waals surface area contributed by atoms with Gasteiger partial charge in [-0.3, -0.25) is 0 Å². The highest BCUT2D eigenvalue weighted by molar-refractivity contribution is 7.37. The van der Waals surface area contributed by atoms with Crippen molar-refractivity contribution in [2.45, 2.75) is 0 Å². The van der Waals surface area contributed by atoms with Crippen LogP contribution < -0.4 is 0 Å². The zero-order valence-corrected chi connectivity index (χ0v) is 10.4. The van der Waals surface area contributed by atoms with Gasteiger partial charge in [-0.25, -0.2) is 0 Å². The second-order valence-corrected chi connectivity index (χ2v) is 5.35. The predicted octanol–water partition coefficient (Wildman–Crippen LogP) is 5.05. The lowest BCUT2D eigenvalue weighted by Crippen LogP contribution is -1.67. The van der Waals surface area contributed by atoms with Crippen LogP contribution in [0.15, 0.2) is 72.8 Å². The van der Waals surface area contributed by atoms with Crippen molar-refractivity contribution in [1.82, 2.24) is 0 Å². The molecular formula is C16H13P. The van der Waals surface area contributed by atoms with Crippen molar-refractivity contribution in [1.29, 1.82) is 0 Å². The molecule has 17 heavy (non-hydrogen) atoms. The van der Waals surface area contributed by atoms with Gasteiger partial charge in [0.25, 0.3) is 0 Å². The molecule has 1 aromatic heterocycles. The van der Waals surface area contributed by atoms with Gasteiger partial charge in [0.2, 0.25) is 0 Å². The topological polar surface area (TPSA) is 0 Å². The van der Waals surface area contributed by atoms with Crippen molar-refractivity contribution < 1.29 is 0 Å². The maximum atomic E-state index is 2.25. The molecule has 0 aliphatic carbocycles. The Labute approximate surface area is 103 Å². The lowest BCUT2D eigenvalue weighted by Gasteiger charge is -1.97. The van der Waals surface area contributed by atoms with Crippen molar-refractivity contribution in [3.05, 3.63) is 72.8 Å². The van der Waals surface area contributed by atoms with Crippen LogP contribution in [0.4, 0.5) is 0 Å². The summed E-state index contributed by atoms with van der Waals surface area (Å²) in [5.41, 5.74) is 2.68. The van der Waals surface area contributed by atoms with Gasteiger partial charge in [-0.1, -0.05) is 60.7 Å². The van der Waals surface area contributed by atoms with Gasteiger partial charge in [0, 0.05) is 0 Å². The van der Waals surface area contributed by atoms with E-state index in [0.717, 1.165) is 8.19 Å². The molecular weight excluding hydrogens is 223 g/mol. The molecule has 82 valence electrons. The van der Waals surface area contributed by atoms with Crippen LogP contribution in [0.3, 0.4) is 0 Å². The van der Waals surface area contributed by atoms with Crippen LogP contribution in [0.2, 0.25) is 0 Å². The van der Waals surface area contributed by atoms with Crippen molar-refractivity contribution in [2.24, 2.45) is 0 Å². The standard InChI is InChI=1S/C16H13P/c1-3-7-13(8-4-1)15-11-12-16(17-15)14-9-5-2-6-10-14/h1-12,17H. The van der Waals surface area contributed by atoms with Crippen molar-refractivity contribution in [2.75, 3.05) is 0 Å². The molecule has 0 N–H and O–H groups in total. The van der Waals surface area contributed by atoms with Crippen LogP contribution in [0.25, 0.3) is 21.7 Å². The van der Waals surface area contributed by atoms with Gasteiger partial charge in [0.05, 0.1) is 0 Å². The first-order valence-electron chi connectivity index (χ1n) is 5.73. The van der Waals surface area contributed by atoms with Gasteiger partial charge in [-0.2, -0.15) is 0 Å². The van der Waals surface area contributed by atoms with Crippen molar-refractivity contribution >= 4 is 8.19 Å². The van der Waals surface area contributed by atoms with E-state index in [2.05, 4.69) is 72.8 Å². The van der Waals surface area contributed by atoms with Crippen LogP contribution in [0.5, 0.6) is 0 Å². The lowest BCUT2D eigenvalue weighted by atomic mass is 10.2. The highest BCUT2D eigenvalue weighted by Gasteiger charge is 2.02. The summed E-state index contributed by atoms with van der Waals surface area (Å²) in [7, 11) is 0.768. The van der Waals surface area contributed by atoms with E-state index in [1.54, 1.807) is 0 Å². The van der Waals surface area contributed by atoms with E-state index in [0.29, 0.717) is 0 Å². The Kier molecular flexibility index (Phi) is 2.81. The summed E-state index contributed by atoms with van der Waals surface area (Å²) in [5.74, 6) is 0. The van der Waals surface area contributed by atoms with Gasteiger partial charge in [-0.15, -0.1) is 8.19 Å². The molecule has 0 aliphatic heterocycles. The molecule has 3 rings (SSSR count). The second-order valence-electron chi connectivity index (χ2n) is 4.02. The zero-order valence-electron chi connectivity index (χ0n) is 9.43. The summed E-state index contributed by atoms with van der Waals surface area (Å²) >= 11 is 0. The maximum Gasteiger partial charge on any atom is -0.00121 e.